The second-order valence-corrected chi connectivity index (χ2v) is 5.62. The first-order chi connectivity index (χ1) is 9.06. The van der Waals surface area contributed by atoms with Crippen molar-refractivity contribution < 1.29 is 4.74 Å². The fourth-order valence-corrected chi connectivity index (χ4v) is 3.38. The largest absolute Gasteiger partial charge is 0.493 e. The third-order valence-corrected chi connectivity index (χ3v) is 4.77. The molecule has 0 fully saturated rings. The maximum Gasteiger partial charge on any atom is 0.127 e. The summed E-state index contributed by atoms with van der Waals surface area (Å²) in [5.74, 6) is 1.03. The Morgan fingerprint density at radius 2 is 2.00 bits per heavy atom. The predicted molar refractivity (Wildman–Crippen MR) is 79.6 cm³/mol. The molecule has 1 aliphatic rings. The third kappa shape index (κ3) is 2.26. The highest BCUT2D eigenvalue weighted by molar-refractivity contribution is 5.46. The van der Waals surface area contributed by atoms with E-state index in [1.807, 2.05) is 0 Å². The van der Waals surface area contributed by atoms with Gasteiger partial charge in [0, 0.05) is 17.5 Å². The van der Waals surface area contributed by atoms with Gasteiger partial charge in [0.1, 0.15) is 5.75 Å². The second-order valence-electron chi connectivity index (χ2n) is 5.62. The maximum absolute atomic E-state index is 6.65. The lowest BCUT2D eigenvalue weighted by molar-refractivity contribution is 0.104. The molecule has 0 aromatic heterocycles. The molecule has 0 spiro atoms. The fourth-order valence-electron chi connectivity index (χ4n) is 3.38. The number of para-hydroxylation sites is 1. The molecule has 0 saturated heterocycles. The van der Waals surface area contributed by atoms with Gasteiger partial charge in [-0.25, -0.2) is 0 Å². The molecule has 106 valence electrons. The van der Waals surface area contributed by atoms with Crippen LogP contribution in [0.3, 0.4) is 0 Å². The Hall–Kier alpha value is -1.06. The van der Waals surface area contributed by atoms with Gasteiger partial charge in [-0.05, 0) is 32.5 Å². The van der Waals surface area contributed by atoms with Crippen LogP contribution in [0.25, 0.3) is 0 Å². The van der Waals surface area contributed by atoms with Crippen molar-refractivity contribution in [2.24, 2.45) is 5.73 Å². The quantitative estimate of drug-likeness (QED) is 0.886. The van der Waals surface area contributed by atoms with Crippen molar-refractivity contribution in [2.75, 3.05) is 20.7 Å². The summed E-state index contributed by atoms with van der Waals surface area (Å²) in [5.41, 5.74) is 9.09. The van der Waals surface area contributed by atoms with E-state index in [0.29, 0.717) is 0 Å². The predicted octanol–water partition coefficient (Wildman–Crippen LogP) is 2.74. The normalized spacial score (nSPS) is 16.3. The van der Waals surface area contributed by atoms with Crippen LogP contribution in [0.15, 0.2) is 18.2 Å². The Morgan fingerprint density at radius 3 is 2.58 bits per heavy atom. The summed E-state index contributed by atoms with van der Waals surface area (Å²) < 4.78 is 5.82. The number of hydrogen-bond donors (Lipinski definition) is 1. The number of hydrogen-bond acceptors (Lipinski definition) is 3. The van der Waals surface area contributed by atoms with Crippen molar-refractivity contribution in [1.82, 2.24) is 4.90 Å². The Bertz CT molecular complexity index is 438. The lowest BCUT2D eigenvalue weighted by atomic mass is 9.79. The van der Waals surface area contributed by atoms with Gasteiger partial charge in [-0.1, -0.05) is 32.0 Å². The number of benzene rings is 1. The molecule has 2 N–H and O–H groups in total. The third-order valence-electron chi connectivity index (χ3n) is 4.77. The van der Waals surface area contributed by atoms with Crippen LogP contribution in [0.2, 0.25) is 0 Å². The highest BCUT2D eigenvalue weighted by Gasteiger charge is 2.38. The monoisotopic (exact) mass is 262 g/mol. The van der Waals surface area contributed by atoms with Crippen molar-refractivity contribution >= 4 is 0 Å². The average molecular weight is 262 g/mol. The molecule has 0 amide bonds. The molecule has 0 aliphatic carbocycles. The Morgan fingerprint density at radius 1 is 1.32 bits per heavy atom. The van der Waals surface area contributed by atoms with Crippen molar-refractivity contribution in [3.05, 3.63) is 29.3 Å². The van der Waals surface area contributed by atoms with E-state index in [2.05, 4.69) is 51.0 Å². The van der Waals surface area contributed by atoms with Crippen molar-refractivity contribution in [2.45, 2.75) is 44.7 Å². The van der Waals surface area contributed by atoms with E-state index in [1.165, 1.54) is 5.56 Å². The number of nitrogens with zero attached hydrogens (tertiary/aromatic N) is 1. The van der Waals surface area contributed by atoms with Gasteiger partial charge >= 0.3 is 0 Å². The van der Waals surface area contributed by atoms with E-state index in [1.54, 1.807) is 0 Å². The molecule has 0 bridgehead atoms. The standard InChI is InChI=1S/C16H26N2O/c1-5-16(6-2,18(3)4)15(17)13-9-7-8-12-10-11-19-14(12)13/h7-9,15H,5-6,10-11,17H2,1-4H3. The Kier molecular flexibility index (Phi) is 4.16. The van der Waals surface area contributed by atoms with Crippen LogP contribution in [0.5, 0.6) is 5.75 Å². The molecule has 1 atom stereocenters. The highest BCUT2D eigenvalue weighted by atomic mass is 16.5. The van der Waals surface area contributed by atoms with E-state index >= 15 is 0 Å². The molecule has 1 aliphatic heterocycles. The minimum atomic E-state index is -0.0226. The summed E-state index contributed by atoms with van der Waals surface area (Å²) in [6.07, 6.45) is 3.06. The molecule has 1 unspecified atom stereocenters. The molecule has 19 heavy (non-hydrogen) atoms. The molecule has 0 radical (unpaired) electrons. The smallest absolute Gasteiger partial charge is 0.127 e. The number of rotatable bonds is 5. The summed E-state index contributed by atoms with van der Waals surface area (Å²) in [4.78, 5) is 2.27. The molecule has 3 heteroatoms. The van der Waals surface area contributed by atoms with Gasteiger partial charge in [0.25, 0.3) is 0 Å². The number of ether oxygens (including phenoxy) is 1. The summed E-state index contributed by atoms with van der Waals surface area (Å²) in [5, 5.41) is 0. The van der Waals surface area contributed by atoms with Gasteiger partial charge in [-0.15, -0.1) is 0 Å². The van der Waals surface area contributed by atoms with Crippen molar-refractivity contribution in [3.63, 3.8) is 0 Å². The van der Waals surface area contributed by atoms with Gasteiger partial charge in [-0.2, -0.15) is 0 Å². The molecular formula is C16H26N2O. The fraction of sp³-hybridized carbons (Fsp3) is 0.625. The van der Waals surface area contributed by atoms with Gasteiger partial charge in [-0.3, -0.25) is 0 Å². The van der Waals surface area contributed by atoms with E-state index < -0.39 is 0 Å². The first kappa shape index (κ1) is 14.4. The first-order valence-electron chi connectivity index (χ1n) is 7.24. The van der Waals surface area contributed by atoms with Crippen LogP contribution in [-0.4, -0.2) is 31.1 Å². The van der Waals surface area contributed by atoms with Crippen molar-refractivity contribution in [1.29, 1.82) is 0 Å². The topological polar surface area (TPSA) is 38.5 Å². The summed E-state index contributed by atoms with van der Waals surface area (Å²) in [7, 11) is 4.24. The number of likely N-dealkylation sites (N-methyl/N-ethyl adjacent to an activating group) is 1. The van der Waals surface area contributed by atoms with Gasteiger partial charge in [0.2, 0.25) is 0 Å². The Balaban J connectivity index is 2.43. The van der Waals surface area contributed by atoms with E-state index in [-0.39, 0.29) is 11.6 Å². The number of fused-ring (bicyclic) bond motifs is 1. The van der Waals surface area contributed by atoms with Crippen LogP contribution >= 0.6 is 0 Å². The average Bonchev–Trinajstić information content (AvgIpc) is 2.88. The zero-order valence-electron chi connectivity index (χ0n) is 12.6. The summed E-state index contributed by atoms with van der Waals surface area (Å²) in [6.45, 7) is 5.22. The molecule has 1 aromatic carbocycles. The minimum absolute atomic E-state index is 0.0128. The summed E-state index contributed by atoms with van der Waals surface area (Å²) in [6, 6.07) is 6.35. The van der Waals surface area contributed by atoms with Crippen LogP contribution in [0.1, 0.15) is 43.9 Å². The minimum Gasteiger partial charge on any atom is -0.493 e. The van der Waals surface area contributed by atoms with E-state index in [0.717, 1.165) is 37.2 Å². The Labute approximate surface area is 116 Å². The number of nitrogens with two attached hydrogens (primary N) is 1. The molecule has 3 nitrogen and oxygen atoms in total. The SMILES string of the molecule is CCC(CC)(C(N)c1cccc2c1OCC2)N(C)C. The van der Waals surface area contributed by atoms with E-state index in [4.69, 9.17) is 10.5 Å². The lowest BCUT2D eigenvalue weighted by Gasteiger charge is -2.44. The van der Waals surface area contributed by atoms with Crippen LogP contribution in [0.4, 0.5) is 0 Å². The van der Waals surface area contributed by atoms with E-state index in [9.17, 15) is 0 Å². The molecule has 2 rings (SSSR count). The molecule has 1 aromatic rings. The van der Waals surface area contributed by atoms with Crippen molar-refractivity contribution in [3.8, 4) is 5.75 Å². The lowest BCUT2D eigenvalue weighted by Crippen LogP contribution is -2.51. The molecular weight excluding hydrogens is 236 g/mol. The van der Waals surface area contributed by atoms with Crippen LogP contribution < -0.4 is 10.5 Å². The second kappa shape index (κ2) is 5.51. The molecule has 0 saturated carbocycles. The van der Waals surface area contributed by atoms with Gasteiger partial charge in [0.05, 0.1) is 12.6 Å². The van der Waals surface area contributed by atoms with Gasteiger partial charge < -0.3 is 15.4 Å². The van der Waals surface area contributed by atoms with Crippen LogP contribution in [0, 0.1) is 0 Å². The van der Waals surface area contributed by atoms with Gasteiger partial charge in [0.15, 0.2) is 0 Å². The zero-order valence-corrected chi connectivity index (χ0v) is 12.6. The van der Waals surface area contributed by atoms with Crippen LogP contribution in [-0.2, 0) is 6.42 Å². The summed E-state index contributed by atoms with van der Waals surface area (Å²) >= 11 is 0. The first-order valence-corrected chi connectivity index (χ1v) is 7.24. The molecule has 1 heterocycles. The highest BCUT2D eigenvalue weighted by Crippen LogP contribution is 2.40. The maximum atomic E-state index is 6.65. The zero-order chi connectivity index (χ0) is 14.0.